The summed E-state index contributed by atoms with van der Waals surface area (Å²) in [5.74, 6) is -0.261. The molecule has 0 amide bonds. The smallest absolute Gasteiger partial charge is 0.306 e. The summed E-state index contributed by atoms with van der Waals surface area (Å²) in [6.07, 6.45) is 0.497. The van der Waals surface area contributed by atoms with Crippen molar-refractivity contribution in [1.29, 1.82) is 0 Å². The van der Waals surface area contributed by atoms with Gasteiger partial charge in [-0.3, -0.25) is 4.79 Å². The van der Waals surface area contributed by atoms with Crippen molar-refractivity contribution < 1.29 is 9.53 Å². The average molecular weight is 215 g/mol. The van der Waals surface area contributed by atoms with Crippen LogP contribution in [0, 0.1) is 0 Å². The fourth-order valence-corrected chi connectivity index (χ4v) is 1.22. The summed E-state index contributed by atoms with van der Waals surface area (Å²) in [7, 11) is 0. The van der Waals surface area contributed by atoms with Crippen LogP contribution in [0.4, 0.5) is 0 Å². The molecule has 0 spiro atoms. The first-order chi connectivity index (χ1) is 5.11. The van der Waals surface area contributed by atoms with Crippen molar-refractivity contribution in [3.8, 4) is 0 Å². The van der Waals surface area contributed by atoms with Crippen LogP contribution in [0.3, 0.4) is 0 Å². The molecule has 62 valence electrons. The van der Waals surface area contributed by atoms with Gasteiger partial charge >= 0.3 is 5.97 Å². The Bertz CT molecular complexity index is 208. The van der Waals surface area contributed by atoms with E-state index in [1.165, 1.54) is 0 Å². The Balaban J connectivity index is 2.64. The van der Waals surface area contributed by atoms with Gasteiger partial charge in [0.15, 0.2) is 0 Å². The van der Waals surface area contributed by atoms with Crippen LogP contribution >= 0.6 is 34.8 Å². The molecule has 1 aliphatic heterocycles. The number of rotatable bonds is 1. The molecule has 1 saturated heterocycles. The lowest BCUT2D eigenvalue weighted by Gasteiger charge is -2.06. The number of hydrogen-bond donors (Lipinski definition) is 0. The maximum Gasteiger partial charge on any atom is 0.306 e. The van der Waals surface area contributed by atoms with Crippen molar-refractivity contribution in [3.63, 3.8) is 0 Å². The Morgan fingerprint density at radius 1 is 1.45 bits per heavy atom. The Morgan fingerprint density at radius 3 is 2.45 bits per heavy atom. The first-order valence-corrected chi connectivity index (χ1v) is 4.15. The molecule has 2 nitrogen and oxygen atoms in total. The molecular formula is C6H5Cl3O2. The van der Waals surface area contributed by atoms with E-state index in [0.29, 0.717) is 12.8 Å². The molecule has 0 saturated carbocycles. The lowest BCUT2D eigenvalue weighted by atomic mass is 10.2. The molecule has 11 heavy (non-hydrogen) atoms. The third-order valence-electron chi connectivity index (χ3n) is 1.35. The summed E-state index contributed by atoms with van der Waals surface area (Å²) in [5, 5.41) is 0.208. The topological polar surface area (TPSA) is 26.3 Å². The zero-order valence-electron chi connectivity index (χ0n) is 5.44. The highest BCUT2D eigenvalue weighted by molar-refractivity contribution is 6.59. The molecule has 1 atom stereocenters. The van der Waals surface area contributed by atoms with Gasteiger partial charge in [0, 0.05) is 12.8 Å². The van der Waals surface area contributed by atoms with E-state index < -0.39 is 6.10 Å². The number of ether oxygens (including phenoxy) is 1. The van der Waals surface area contributed by atoms with Crippen molar-refractivity contribution in [2.24, 2.45) is 0 Å². The number of cyclic esters (lactones) is 1. The lowest BCUT2D eigenvalue weighted by molar-refractivity contribution is -0.140. The summed E-state index contributed by atoms with van der Waals surface area (Å²) >= 11 is 16.4. The highest BCUT2D eigenvalue weighted by Crippen LogP contribution is 2.29. The highest BCUT2D eigenvalue weighted by atomic mass is 35.5. The molecule has 0 N–H and O–H groups in total. The predicted octanol–water partition coefficient (Wildman–Crippen LogP) is 2.58. The molecule has 0 aromatic carbocycles. The van der Waals surface area contributed by atoms with Crippen molar-refractivity contribution in [2.75, 3.05) is 0 Å². The van der Waals surface area contributed by atoms with Crippen molar-refractivity contribution >= 4 is 40.8 Å². The quantitative estimate of drug-likeness (QED) is 0.629. The maximum atomic E-state index is 10.6. The normalized spacial score (nSPS) is 23.2. The largest absolute Gasteiger partial charge is 0.456 e. The summed E-state index contributed by atoms with van der Waals surface area (Å²) in [4.78, 5) is 10.6. The van der Waals surface area contributed by atoms with E-state index >= 15 is 0 Å². The van der Waals surface area contributed by atoms with E-state index in [-0.39, 0.29) is 15.5 Å². The molecule has 1 fully saturated rings. The zero-order valence-corrected chi connectivity index (χ0v) is 7.71. The summed E-state index contributed by atoms with van der Waals surface area (Å²) in [6, 6.07) is 0. The third-order valence-corrected chi connectivity index (χ3v) is 2.38. The maximum absolute atomic E-state index is 10.6. The Kier molecular flexibility index (Phi) is 3.05. The van der Waals surface area contributed by atoms with Gasteiger partial charge in [-0.15, -0.1) is 0 Å². The second-order valence-electron chi connectivity index (χ2n) is 2.13. The van der Waals surface area contributed by atoms with Gasteiger partial charge in [0.05, 0.1) is 5.03 Å². The van der Waals surface area contributed by atoms with E-state index in [1.807, 2.05) is 0 Å². The van der Waals surface area contributed by atoms with Gasteiger partial charge in [-0.05, 0) is 0 Å². The highest BCUT2D eigenvalue weighted by Gasteiger charge is 2.27. The molecule has 1 heterocycles. The molecule has 0 aliphatic carbocycles. The Hall–Kier alpha value is 0.0800. The molecule has 0 aromatic heterocycles. The van der Waals surface area contributed by atoms with Gasteiger partial charge in [-0.2, -0.15) is 0 Å². The van der Waals surface area contributed by atoms with E-state index in [4.69, 9.17) is 39.5 Å². The molecule has 1 unspecified atom stereocenters. The fraction of sp³-hybridized carbons (Fsp3) is 0.500. The van der Waals surface area contributed by atoms with Crippen LogP contribution in [-0.2, 0) is 9.53 Å². The van der Waals surface area contributed by atoms with E-state index in [0.717, 1.165) is 0 Å². The monoisotopic (exact) mass is 214 g/mol. The number of halogens is 3. The van der Waals surface area contributed by atoms with Gasteiger partial charge in [0.2, 0.25) is 0 Å². The van der Waals surface area contributed by atoms with Crippen LogP contribution in [0.25, 0.3) is 0 Å². The van der Waals surface area contributed by atoms with Gasteiger partial charge < -0.3 is 4.74 Å². The number of hydrogen-bond acceptors (Lipinski definition) is 2. The molecule has 1 aliphatic rings. The average Bonchev–Trinajstić information content (AvgIpc) is 2.34. The number of carbonyl (C=O) groups is 1. The van der Waals surface area contributed by atoms with Crippen LogP contribution in [0.1, 0.15) is 12.8 Å². The third kappa shape index (κ3) is 2.26. The summed E-state index contributed by atoms with van der Waals surface area (Å²) in [5.41, 5.74) is 0. The SMILES string of the molecule is O=C1CCC(C(Cl)=C(Cl)Cl)O1. The molecular weight excluding hydrogens is 210 g/mol. The fourth-order valence-electron chi connectivity index (χ4n) is 0.826. The van der Waals surface area contributed by atoms with Crippen molar-refractivity contribution in [1.82, 2.24) is 0 Å². The Morgan fingerprint density at radius 2 is 2.09 bits per heavy atom. The standard InChI is InChI=1S/C6H5Cl3O2/c7-5(6(8)9)3-1-2-4(10)11-3/h3H,1-2H2. The van der Waals surface area contributed by atoms with Crippen LogP contribution in [-0.4, -0.2) is 12.1 Å². The summed E-state index contributed by atoms with van der Waals surface area (Å²) < 4.78 is 4.75. The van der Waals surface area contributed by atoms with E-state index in [1.54, 1.807) is 0 Å². The Labute approximate surface area is 79.1 Å². The molecule has 1 rings (SSSR count). The molecule has 0 radical (unpaired) electrons. The zero-order chi connectivity index (χ0) is 8.43. The van der Waals surface area contributed by atoms with E-state index in [9.17, 15) is 4.79 Å². The number of esters is 1. The van der Waals surface area contributed by atoms with Crippen molar-refractivity contribution in [2.45, 2.75) is 18.9 Å². The minimum Gasteiger partial charge on any atom is -0.456 e. The first kappa shape index (κ1) is 9.17. The van der Waals surface area contributed by atoms with Gasteiger partial charge in [0.1, 0.15) is 10.6 Å². The first-order valence-electron chi connectivity index (χ1n) is 3.01. The van der Waals surface area contributed by atoms with E-state index in [2.05, 4.69) is 0 Å². The molecule has 0 bridgehead atoms. The minimum atomic E-state index is -0.436. The van der Waals surface area contributed by atoms with Crippen molar-refractivity contribution in [3.05, 3.63) is 9.52 Å². The summed E-state index contributed by atoms with van der Waals surface area (Å²) in [6.45, 7) is 0. The lowest BCUT2D eigenvalue weighted by Crippen LogP contribution is -2.06. The second-order valence-corrected chi connectivity index (χ2v) is 3.48. The van der Waals surface area contributed by atoms with Crippen LogP contribution in [0.5, 0.6) is 0 Å². The molecule has 5 heteroatoms. The number of carbonyl (C=O) groups excluding carboxylic acids is 1. The van der Waals surface area contributed by atoms with Crippen LogP contribution in [0.15, 0.2) is 9.52 Å². The minimum absolute atomic E-state index is 0.0358. The van der Waals surface area contributed by atoms with Gasteiger partial charge in [0.25, 0.3) is 0 Å². The predicted molar refractivity (Wildman–Crippen MR) is 43.7 cm³/mol. The van der Waals surface area contributed by atoms with Gasteiger partial charge in [-0.1, -0.05) is 34.8 Å². The van der Waals surface area contributed by atoms with Crippen LogP contribution < -0.4 is 0 Å². The van der Waals surface area contributed by atoms with Gasteiger partial charge in [-0.25, -0.2) is 0 Å². The second kappa shape index (κ2) is 3.65. The molecule has 0 aromatic rings. The van der Waals surface area contributed by atoms with Crippen LogP contribution in [0.2, 0.25) is 0 Å².